The van der Waals surface area contributed by atoms with E-state index in [1.807, 2.05) is 60.7 Å². The molecule has 156 valence electrons. The molecule has 0 aliphatic heterocycles. The van der Waals surface area contributed by atoms with Gasteiger partial charge in [0.2, 0.25) is 9.84 Å². The number of rotatable bonds is 7. The number of methoxy groups -OCH3 is 1. The lowest BCUT2D eigenvalue weighted by molar-refractivity contribution is 0.284. The summed E-state index contributed by atoms with van der Waals surface area (Å²) in [7, 11) is -2.26. The maximum absolute atomic E-state index is 13.5. The third kappa shape index (κ3) is 4.47. The van der Waals surface area contributed by atoms with Gasteiger partial charge in [0.1, 0.15) is 6.61 Å². The van der Waals surface area contributed by atoms with Crippen molar-refractivity contribution in [2.75, 3.05) is 7.11 Å². The Morgan fingerprint density at radius 1 is 0.710 bits per heavy atom. The lowest BCUT2D eigenvalue weighted by Crippen LogP contribution is -2.06. The second-order valence-electron chi connectivity index (χ2n) is 6.96. The molecule has 0 amide bonds. The number of ether oxygens (including phenoxy) is 2. The largest absolute Gasteiger partial charge is 0.493 e. The quantitative estimate of drug-likeness (QED) is 0.373. The van der Waals surface area contributed by atoms with Gasteiger partial charge in [-0.15, -0.1) is 0 Å². The molecule has 4 aromatic carbocycles. The molecule has 5 heteroatoms. The first-order valence-electron chi connectivity index (χ1n) is 9.84. The van der Waals surface area contributed by atoms with Gasteiger partial charge in [-0.2, -0.15) is 0 Å². The molecule has 4 rings (SSSR count). The van der Waals surface area contributed by atoms with Crippen molar-refractivity contribution < 1.29 is 17.9 Å². The minimum atomic E-state index is -3.77. The average molecular weight is 431 g/mol. The Morgan fingerprint density at radius 3 is 1.90 bits per heavy atom. The van der Waals surface area contributed by atoms with Crippen molar-refractivity contribution in [1.29, 1.82) is 0 Å². The Balaban J connectivity index is 1.85. The first-order valence-corrected chi connectivity index (χ1v) is 11.3. The van der Waals surface area contributed by atoms with Crippen LogP contribution in [0.1, 0.15) is 5.56 Å². The molecule has 0 bridgehead atoms. The summed E-state index contributed by atoms with van der Waals surface area (Å²) in [5.74, 6) is 0.849. The molecular weight excluding hydrogens is 408 g/mol. The van der Waals surface area contributed by atoms with E-state index in [-0.39, 0.29) is 9.79 Å². The van der Waals surface area contributed by atoms with Crippen molar-refractivity contribution in [1.82, 2.24) is 0 Å². The third-order valence-corrected chi connectivity index (χ3v) is 6.74. The van der Waals surface area contributed by atoms with Gasteiger partial charge in [0, 0.05) is 11.6 Å². The summed E-state index contributed by atoms with van der Waals surface area (Å²) in [6.07, 6.45) is 0. The Hall–Kier alpha value is -3.57. The molecule has 0 heterocycles. The van der Waals surface area contributed by atoms with E-state index in [1.165, 1.54) is 7.11 Å². The molecule has 0 radical (unpaired) electrons. The summed E-state index contributed by atoms with van der Waals surface area (Å²) < 4.78 is 38.5. The predicted molar refractivity (Wildman–Crippen MR) is 121 cm³/mol. The van der Waals surface area contributed by atoms with Crippen molar-refractivity contribution in [2.24, 2.45) is 0 Å². The van der Waals surface area contributed by atoms with Gasteiger partial charge in [-0.1, -0.05) is 78.9 Å². The first-order chi connectivity index (χ1) is 15.1. The summed E-state index contributed by atoms with van der Waals surface area (Å²) in [6.45, 7) is 0.343. The van der Waals surface area contributed by atoms with Gasteiger partial charge < -0.3 is 9.47 Å². The fourth-order valence-electron chi connectivity index (χ4n) is 3.34. The molecule has 0 saturated heterocycles. The second kappa shape index (κ2) is 9.06. The van der Waals surface area contributed by atoms with Crippen LogP contribution in [0.2, 0.25) is 0 Å². The first kappa shape index (κ1) is 20.7. The summed E-state index contributed by atoms with van der Waals surface area (Å²) in [5, 5.41) is 0. The van der Waals surface area contributed by atoms with E-state index in [9.17, 15) is 8.42 Å². The minimum Gasteiger partial charge on any atom is -0.493 e. The van der Waals surface area contributed by atoms with Crippen molar-refractivity contribution in [3.63, 3.8) is 0 Å². The highest BCUT2D eigenvalue weighted by molar-refractivity contribution is 7.91. The van der Waals surface area contributed by atoms with E-state index >= 15 is 0 Å². The molecule has 0 aliphatic carbocycles. The van der Waals surface area contributed by atoms with Crippen molar-refractivity contribution >= 4 is 9.84 Å². The van der Waals surface area contributed by atoms with E-state index < -0.39 is 9.84 Å². The average Bonchev–Trinajstić information content (AvgIpc) is 2.84. The van der Waals surface area contributed by atoms with Crippen LogP contribution in [0.15, 0.2) is 113 Å². The van der Waals surface area contributed by atoms with E-state index in [1.54, 1.807) is 42.5 Å². The van der Waals surface area contributed by atoms with E-state index in [0.717, 1.165) is 11.1 Å². The molecule has 0 aromatic heterocycles. The van der Waals surface area contributed by atoms with Gasteiger partial charge in [0.05, 0.1) is 16.9 Å². The minimum absolute atomic E-state index is 0.175. The van der Waals surface area contributed by atoms with Gasteiger partial charge >= 0.3 is 0 Å². The number of hydrogen-bond acceptors (Lipinski definition) is 4. The molecule has 31 heavy (non-hydrogen) atoms. The van der Waals surface area contributed by atoms with Crippen LogP contribution in [0.4, 0.5) is 0 Å². The maximum atomic E-state index is 13.5. The molecule has 0 atom stereocenters. The normalized spacial score (nSPS) is 11.1. The number of sulfone groups is 1. The Morgan fingerprint density at radius 2 is 1.29 bits per heavy atom. The van der Waals surface area contributed by atoms with Gasteiger partial charge in [-0.05, 0) is 29.3 Å². The van der Waals surface area contributed by atoms with Gasteiger partial charge in [-0.3, -0.25) is 0 Å². The molecule has 0 aliphatic rings. The van der Waals surface area contributed by atoms with Crippen LogP contribution in [-0.4, -0.2) is 15.5 Å². The Bertz CT molecular complexity index is 1250. The Labute approximate surface area is 182 Å². The zero-order valence-corrected chi connectivity index (χ0v) is 17.9. The van der Waals surface area contributed by atoms with Gasteiger partial charge in [0.25, 0.3) is 0 Å². The number of benzene rings is 4. The summed E-state index contributed by atoms with van der Waals surface area (Å²) in [5.41, 5.74) is 2.35. The highest BCUT2D eigenvalue weighted by atomic mass is 32.2. The standard InChI is InChI=1S/C26H22O4S/c1-29-24-18-26(31(27,28)22-15-9-4-10-16-22)23(21-13-7-3-8-14-21)17-25(24)30-19-20-11-5-2-6-12-20/h2-18H,19H2,1H3. The van der Waals surface area contributed by atoms with Crippen molar-refractivity contribution in [3.8, 4) is 22.6 Å². The highest BCUT2D eigenvalue weighted by Crippen LogP contribution is 2.40. The molecule has 4 nitrogen and oxygen atoms in total. The molecule has 0 saturated carbocycles. The molecule has 0 fully saturated rings. The summed E-state index contributed by atoms with van der Waals surface area (Å²) in [6, 6.07) is 30.9. The molecule has 0 spiro atoms. The number of hydrogen-bond donors (Lipinski definition) is 0. The monoisotopic (exact) mass is 430 g/mol. The smallest absolute Gasteiger partial charge is 0.207 e. The summed E-state index contributed by atoms with van der Waals surface area (Å²) >= 11 is 0. The molecule has 0 unspecified atom stereocenters. The van der Waals surface area contributed by atoms with E-state index in [4.69, 9.17) is 9.47 Å². The third-order valence-electron chi connectivity index (χ3n) is 4.93. The zero-order chi connectivity index (χ0) is 21.7. The van der Waals surface area contributed by atoms with Crippen LogP contribution in [0.3, 0.4) is 0 Å². The lowest BCUT2D eigenvalue weighted by Gasteiger charge is -2.17. The van der Waals surface area contributed by atoms with E-state index in [2.05, 4.69) is 0 Å². The predicted octanol–water partition coefficient (Wildman–Crippen LogP) is 5.77. The van der Waals surface area contributed by atoms with Crippen LogP contribution < -0.4 is 9.47 Å². The summed E-state index contributed by atoms with van der Waals surface area (Å²) in [4.78, 5) is 0.404. The highest BCUT2D eigenvalue weighted by Gasteiger charge is 2.25. The Kier molecular flexibility index (Phi) is 6.05. The SMILES string of the molecule is COc1cc(S(=O)(=O)c2ccccc2)c(-c2ccccc2)cc1OCc1ccccc1. The van der Waals surface area contributed by atoms with Crippen LogP contribution in [-0.2, 0) is 16.4 Å². The van der Waals surface area contributed by atoms with Crippen LogP contribution >= 0.6 is 0 Å². The van der Waals surface area contributed by atoms with Crippen molar-refractivity contribution in [2.45, 2.75) is 16.4 Å². The topological polar surface area (TPSA) is 52.6 Å². The van der Waals surface area contributed by atoms with E-state index in [0.29, 0.717) is 23.7 Å². The van der Waals surface area contributed by atoms with Crippen LogP contribution in [0.25, 0.3) is 11.1 Å². The fourth-order valence-corrected chi connectivity index (χ4v) is 4.84. The van der Waals surface area contributed by atoms with Gasteiger partial charge in [-0.25, -0.2) is 8.42 Å². The van der Waals surface area contributed by atoms with Crippen LogP contribution in [0, 0.1) is 0 Å². The van der Waals surface area contributed by atoms with Crippen molar-refractivity contribution in [3.05, 3.63) is 109 Å². The van der Waals surface area contributed by atoms with Crippen LogP contribution in [0.5, 0.6) is 11.5 Å². The van der Waals surface area contributed by atoms with Gasteiger partial charge in [0.15, 0.2) is 11.5 Å². The fraction of sp³-hybridized carbons (Fsp3) is 0.0769. The lowest BCUT2D eigenvalue weighted by atomic mass is 10.1. The zero-order valence-electron chi connectivity index (χ0n) is 17.1. The molecular formula is C26H22O4S. The molecule has 4 aromatic rings. The second-order valence-corrected chi connectivity index (χ2v) is 8.87. The maximum Gasteiger partial charge on any atom is 0.207 e. The molecule has 0 N–H and O–H groups in total.